The van der Waals surface area contributed by atoms with E-state index in [-0.39, 0.29) is 17.7 Å². The first-order valence-corrected chi connectivity index (χ1v) is 9.06. The van der Waals surface area contributed by atoms with Crippen molar-refractivity contribution in [3.63, 3.8) is 0 Å². The van der Waals surface area contributed by atoms with Crippen LogP contribution in [-0.4, -0.2) is 24.3 Å². The van der Waals surface area contributed by atoms with Crippen molar-refractivity contribution in [2.24, 2.45) is 0 Å². The zero-order valence-electron chi connectivity index (χ0n) is 15.3. The Morgan fingerprint density at radius 1 is 0.821 bits per heavy atom. The van der Waals surface area contributed by atoms with Gasteiger partial charge in [-0.05, 0) is 49.4 Å². The topological polar surface area (TPSA) is 57.7 Å². The van der Waals surface area contributed by atoms with Gasteiger partial charge in [0.2, 0.25) is 0 Å². The highest BCUT2D eigenvalue weighted by atomic mass is 16.2. The second-order valence-corrected chi connectivity index (χ2v) is 6.43. The van der Waals surface area contributed by atoms with Crippen LogP contribution in [0.5, 0.6) is 0 Å². The molecule has 0 saturated carbocycles. The molecular formula is C23H18N2O3. The molecule has 138 valence electrons. The normalized spacial score (nSPS) is 12.8. The molecule has 0 spiro atoms. The molecule has 28 heavy (non-hydrogen) atoms. The SMILES string of the molecule is CCN(C(=O)c1cccc(N2C(=O)c3ccccc3C2=O)c1)c1ccccc1. The first-order valence-electron chi connectivity index (χ1n) is 9.06. The van der Waals surface area contributed by atoms with Crippen molar-refractivity contribution in [2.45, 2.75) is 6.92 Å². The molecule has 0 aromatic heterocycles. The fourth-order valence-corrected chi connectivity index (χ4v) is 3.41. The van der Waals surface area contributed by atoms with Gasteiger partial charge in [0.05, 0.1) is 16.8 Å². The number of hydrogen-bond acceptors (Lipinski definition) is 3. The van der Waals surface area contributed by atoms with Gasteiger partial charge in [0.15, 0.2) is 0 Å². The lowest BCUT2D eigenvalue weighted by molar-refractivity contribution is 0.0923. The van der Waals surface area contributed by atoms with Crippen LogP contribution in [0.4, 0.5) is 11.4 Å². The summed E-state index contributed by atoms with van der Waals surface area (Å²) >= 11 is 0. The Bertz CT molecular complexity index is 1040. The van der Waals surface area contributed by atoms with E-state index in [9.17, 15) is 14.4 Å². The first-order chi connectivity index (χ1) is 13.6. The maximum Gasteiger partial charge on any atom is 0.266 e. The van der Waals surface area contributed by atoms with Crippen LogP contribution < -0.4 is 9.80 Å². The van der Waals surface area contributed by atoms with Crippen molar-refractivity contribution >= 4 is 29.1 Å². The molecule has 0 bridgehead atoms. The Morgan fingerprint density at radius 3 is 2.04 bits per heavy atom. The molecule has 0 unspecified atom stereocenters. The van der Waals surface area contributed by atoms with Gasteiger partial charge in [-0.2, -0.15) is 0 Å². The van der Waals surface area contributed by atoms with Crippen LogP contribution in [0.25, 0.3) is 0 Å². The third-order valence-electron chi connectivity index (χ3n) is 4.77. The highest BCUT2D eigenvalue weighted by Gasteiger charge is 2.36. The van der Waals surface area contributed by atoms with Gasteiger partial charge < -0.3 is 4.90 Å². The number of imide groups is 1. The van der Waals surface area contributed by atoms with Gasteiger partial charge in [-0.1, -0.05) is 36.4 Å². The standard InChI is InChI=1S/C23H18N2O3/c1-2-24(17-10-4-3-5-11-17)21(26)16-9-8-12-18(15-16)25-22(27)19-13-6-7-14-20(19)23(25)28/h3-15H,2H2,1H3. The first kappa shape index (κ1) is 17.7. The lowest BCUT2D eigenvalue weighted by Gasteiger charge is -2.22. The summed E-state index contributed by atoms with van der Waals surface area (Å²) in [7, 11) is 0. The van der Waals surface area contributed by atoms with Gasteiger partial charge in [-0.15, -0.1) is 0 Å². The molecular weight excluding hydrogens is 352 g/mol. The van der Waals surface area contributed by atoms with Gasteiger partial charge in [0.1, 0.15) is 0 Å². The largest absolute Gasteiger partial charge is 0.309 e. The van der Waals surface area contributed by atoms with E-state index >= 15 is 0 Å². The summed E-state index contributed by atoms with van der Waals surface area (Å²) in [6.07, 6.45) is 0. The van der Waals surface area contributed by atoms with E-state index in [4.69, 9.17) is 0 Å². The highest BCUT2D eigenvalue weighted by Crippen LogP contribution is 2.29. The number of benzene rings is 3. The van der Waals surface area contributed by atoms with Crippen LogP contribution in [0.3, 0.4) is 0 Å². The summed E-state index contributed by atoms with van der Waals surface area (Å²) in [5.74, 6) is -0.937. The number of amides is 3. The molecule has 3 amide bonds. The lowest BCUT2D eigenvalue weighted by Crippen LogP contribution is -2.32. The van der Waals surface area contributed by atoms with Crippen molar-refractivity contribution in [1.82, 2.24) is 0 Å². The van der Waals surface area contributed by atoms with Crippen LogP contribution in [0.15, 0.2) is 78.9 Å². The molecule has 1 aliphatic heterocycles. The molecule has 4 rings (SSSR count). The number of hydrogen-bond donors (Lipinski definition) is 0. The van der Waals surface area contributed by atoms with Crippen LogP contribution in [0, 0.1) is 0 Å². The Labute approximate surface area is 162 Å². The summed E-state index contributed by atoms with van der Waals surface area (Å²) in [6, 6.07) is 22.8. The third-order valence-corrected chi connectivity index (χ3v) is 4.77. The summed E-state index contributed by atoms with van der Waals surface area (Å²) in [4.78, 5) is 41.3. The van der Waals surface area contributed by atoms with Gasteiger partial charge in [0, 0.05) is 17.8 Å². The van der Waals surface area contributed by atoms with E-state index < -0.39 is 0 Å². The van der Waals surface area contributed by atoms with Crippen molar-refractivity contribution in [3.8, 4) is 0 Å². The van der Waals surface area contributed by atoms with E-state index in [2.05, 4.69) is 0 Å². The van der Waals surface area contributed by atoms with E-state index in [1.54, 1.807) is 53.4 Å². The molecule has 0 N–H and O–H groups in total. The number of anilines is 2. The summed E-state index contributed by atoms with van der Waals surface area (Å²) in [5.41, 5.74) is 2.36. The average Bonchev–Trinajstić information content (AvgIpc) is 3.00. The highest BCUT2D eigenvalue weighted by molar-refractivity contribution is 6.34. The Morgan fingerprint density at radius 2 is 1.43 bits per heavy atom. The molecule has 0 aliphatic carbocycles. The minimum absolute atomic E-state index is 0.188. The van der Waals surface area contributed by atoms with E-state index in [0.717, 1.165) is 10.6 Å². The molecule has 5 heteroatoms. The van der Waals surface area contributed by atoms with Crippen LogP contribution >= 0.6 is 0 Å². The molecule has 1 heterocycles. The maximum absolute atomic E-state index is 13.1. The maximum atomic E-state index is 13.1. The number of carbonyl (C=O) groups excluding carboxylic acids is 3. The molecule has 0 saturated heterocycles. The quantitative estimate of drug-likeness (QED) is 0.648. The summed E-state index contributed by atoms with van der Waals surface area (Å²) in [6.45, 7) is 2.40. The molecule has 5 nitrogen and oxygen atoms in total. The van der Waals surface area contributed by atoms with Crippen molar-refractivity contribution in [3.05, 3.63) is 95.6 Å². The second-order valence-electron chi connectivity index (χ2n) is 6.43. The fraction of sp³-hybridized carbons (Fsp3) is 0.0870. The minimum atomic E-state index is -0.374. The van der Waals surface area contributed by atoms with Crippen molar-refractivity contribution < 1.29 is 14.4 Å². The molecule has 0 radical (unpaired) electrons. The molecule has 1 aliphatic rings. The Balaban J connectivity index is 1.68. The Kier molecular flexibility index (Phi) is 4.49. The van der Waals surface area contributed by atoms with Crippen molar-refractivity contribution in [2.75, 3.05) is 16.3 Å². The zero-order chi connectivity index (χ0) is 19.7. The minimum Gasteiger partial charge on any atom is -0.309 e. The number of fused-ring (bicyclic) bond motifs is 1. The monoisotopic (exact) mass is 370 g/mol. The predicted molar refractivity (Wildman–Crippen MR) is 108 cm³/mol. The zero-order valence-corrected chi connectivity index (χ0v) is 15.3. The third kappa shape index (κ3) is 2.87. The number of rotatable bonds is 4. The molecule has 0 atom stereocenters. The van der Waals surface area contributed by atoms with Gasteiger partial charge >= 0.3 is 0 Å². The van der Waals surface area contributed by atoms with E-state index in [0.29, 0.717) is 28.9 Å². The molecule has 3 aromatic rings. The van der Waals surface area contributed by atoms with Crippen LogP contribution in [0.2, 0.25) is 0 Å². The summed E-state index contributed by atoms with van der Waals surface area (Å²) < 4.78 is 0. The second kappa shape index (κ2) is 7.12. The lowest BCUT2D eigenvalue weighted by atomic mass is 10.1. The van der Waals surface area contributed by atoms with Crippen LogP contribution in [-0.2, 0) is 0 Å². The summed E-state index contributed by atoms with van der Waals surface area (Å²) in [5, 5.41) is 0. The molecule has 0 fully saturated rings. The van der Waals surface area contributed by atoms with Crippen LogP contribution in [0.1, 0.15) is 38.0 Å². The van der Waals surface area contributed by atoms with E-state index in [1.165, 1.54) is 0 Å². The average molecular weight is 370 g/mol. The van der Waals surface area contributed by atoms with Crippen molar-refractivity contribution in [1.29, 1.82) is 0 Å². The smallest absolute Gasteiger partial charge is 0.266 e. The predicted octanol–water partition coefficient (Wildman–Crippen LogP) is 4.15. The number of nitrogens with zero attached hydrogens (tertiary/aromatic N) is 2. The van der Waals surface area contributed by atoms with E-state index in [1.807, 2.05) is 37.3 Å². The fourth-order valence-electron chi connectivity index (χ4n) is 3.41. The molecule has 3 aromatic carbocycles. The van der Waals surface area contributed by atoms with Gasteiger partial charge in [0.25, 0.3) is 17.7 Å². The van der Waals surface area contributed by atoms with Gasteiger partial charge in [-0.25, -0.2) is 4.90 Å². The number of carbonyl (C=O) groups is 3. The Hall–Kier alpha value is -3.73. The number of para-hydroxylation sites is 1. The van der Waals surface area contributed by atoms with Gasteiger partial charge in [-0.3, -0.25) is 14.4 Å².